The molecule has 0 saturated heterocycles. The Morgan fingerprint density at radius 1 is 0.769 bits per heavy atom. The zero-order chi connectivity index (χ0) is 7.71. The Morgan fingerprint density at radius 3 is 0.923 bits per heavy atom. The van der Waals surface area contributed by atoms with E-state index >= 15 is 0 Å². The summed E-state index contributed by atoms with van der Waals surface area (Å²) in [5.41, 5.74) is 0. The van der Waals surface area contributed by atoms with Gasteiger partial charge in [-0.1, -0.05) is 0 Å². The Morgan fingerprint density at radius 2 is 0.923 bits per heavy atom. The summed E-state index contributed by atoms with van der Waals surface area (Å²) in [7, 11) is -11.4. The molecule has 0 atom stereocenters. The van der Waals surface area contributed by atoms with E-state index in [0.29, 0.717) is 0 Å². The maximum atomic E-state index is 9.32. The van der Waals surface area contributed by atoms with Crippen LogP contribution in [0, 0.1) is 0 Å². The van der Waals surface area contributed by atoms with Gasteiger partial charge in [0.15, 0.2) is 0 Å². The van der Waals surface area contributed by atoms with Crippen molar-refractivity contribution in [3.8, 4) is 0 Å². The van der Waals surface area contributed by atoms with Gasteiger partial charge in [0, 0.05) is 0 Å². The smallest absolute Gasteiger partial charge is 0.790 e. The van der Waals surface area contributed by atoms with Crippen molar-refractivity contribution in [1.82, 2.24) is 0 Å². The summed E-state index contributed by atoms with van der Waals surface area (Å²) >= 11 is 0. The van der Waals surface area contributed by atoms with Crippen molar-refractivity contribution in [1.29, 1.82) is 0 Å². The predicted molar refractivity (Wildman–Crippen MR) is 16.3 cm³/mol. The standard InChI is InChI=1S/2K.2Na.H4O7P2/c;;;;1-8(2,3)7-9(4,5)6/h;;;;(H2,1,2,3)(H2,4,5,6)/q4*+1;/p-4. The van der Waals surface area contributed by atoms with Gasteiger partial charge in [-0.2, -0.15) is 0 Å². The first-order valence-electron chi connectivity index (χ1n) is 1.46. The first-order chi connectivity index (χ1) is 3.71. The van der Waals surface area contributed by atoms with E-state index in [1.165, 1.54) is 0 Å². The SMILES string of the molecule is O=P([O-])([O-])OP(=O)([O-])[O-].[K+].[K+].[Na+].[Na+]. The van der Waals surface area contributed by atoms with E-state index in [0.717, 1.165) is 0 Å². The monoisotopic (exact) mass is 298 g/mol. The molecule has 13 heavy (non-hydrogen) atoms. The Bertz CT molecular complexity index is 163. The van der Waals surface area contributed by atoms with Gasteiger partial charge in [-0.3, -0.25) is 0 Å². The Balaban J connectivity index is -0.0000000533. The average Bonchev–Trinajstić information content (AvgIpc) is 1.14. The van der Waals surface area contributed by atoms with Crippen molar-refractivity contribution in [3.63, 3.8) is 0 Å². The summed E-state index contributed by atoms with van der Waals surface area (Å²) < 4.78 is 21.2. The third-order valence-corrected chi connectivity index (χ3v) is 1.80. The molecule has 0 aromatic heterocycles. The normalized spacial score (nSPS) is 9.54. The largest absolute Gasteiger partial charge is 1.00 e. The zero-order valence-electron chi connectivity index (χ0n) is 7.75. The maximum absolute atomic E-state index is 9.32. The van der Waals surface area contributed by atoms with Crippen LogP contribution >= 0.6 is 15.6 Å². The van der Waals surface area contributed by atoms with Crippen molar-refractivity contribution < 1.29 is 195 Å². The minimum Gasteiger partial charge on any atom is -0.790 e. The van der Waals surface area contributed by atoms with Crippen molar-refractivity contribution >= 4 is 15.6 Å². The minimum atomic E-state index is -5.68. The quantitative estimate of drug-likeness (QED) is 0.364. The van der Waals surface area contributed by atoms with Gasteiger partial charge in [-0.15, -0.1) is 0 Å². The van der Waals surface area contributed by atoms with E-state index in [1.807, 2.05) is 0 Å². The molecule has 0 N–H and O–H groups in total. The molecule has 0 aromatic rings. The fourth-order valence-corrected chi connectivity index (χ4v) is 1.10. The molecule has 13 heteroatoms. The molecule has 0 saturated carbocycles. The number of phosphoric acid groups is 2. The van der Waals surface area contributed by atoms with Crippen LogP contribution in [0.3, 0.4) is 0 Å². The molecule has 0 heterocycles. The molecule has 0 radical (unpaired) electrons. The summed E-state index contributed by atoms with van der Waals surface area (Å²) in [6, 6.07) is 0. The summed E-state index contributed by atoms with van der Waals surface area (Å²) in [4.78, 5) is 37.3. The molecule has 0 fully saturated rings. The van der Waals surface area contributed by atoms with Crippen molar-refractivity contribution in [2.45, 2.75) is 0 Å². The molecule has 0 unspecified atom stereocenters. The fraction of sp³-hybridized carbons (Fsp3) is 0. The maximum Gasteiger partial charge on any atom is 1.00 e. The average molecular weight is 298 g/mol. The molecule has 0 bridgehead atoms. The van der Waals surface area contributed by atoms with E-state index < -0.39 is 15.6 Å². The fourth-order valence-electron chi connectivity index (χ4n) is 0.122. The Labute approximate surface area is 204 Å². The summed E-state index contributed by atoms with van der Waals surface area (Å²) in [5, 5.41) is 0. The molecule has 0 aliphatic carbocycles. The van der Waals surface area contributed by atoms with Gasteiger partial charge in [0.25, 0.3) is 0 Å². The van der Waals surface area contributed by atoms with Gasteiger partial charge in [0.1, 0.15) is 0 Å². The van der Waals surface area contributed by atoms with Crippen molar-refractivity contribution in [3.05, 3.63) is 0 Å². The molecule has 0 rings (SSSR count). The van der Waals surface area contributed by atoms with E-state index in [2.05, 4.69) is 4.31 Å². The van der Waals surface area contributed by atoms with Crippen LogP contribution in [0.15, 0.2) is 0 Å². The minimum absolute atomic E-state index is 0. The molecular formula is K2Na2O7P2. The molecule has 0 amide bonds. The third-order valence-electron chi connectivity index (χ3n) is 0.200. The number of hydrogen-bond acceptors (Lipinski definition) is 7. The van der Waals surface area contributed by atoms with Gasteiger partial charge in [0.05, 0.1) is 15.6 Å². The Hall–Kier alpha value is 5.53. The molecule has 7 nitrogen and oxygen atoms in total. The van der Waals surface area contributed by atoms with Crippen LogP contribution in [-0.4, -0.2) is 0 Å². The molecule has 56 valence electrons. The van der Waals surface area contributed by atoms with E-state index in [1.54, 1.807) is 0 Å². The van der Waals surface area contributed by atoms with Crippen LogP contribution in [0.2, 0.25) is 0 Å². The van der Waals surface area contributed by atoms with Gasteiger partial charge in [0.2, 0.25) is 0 Å². The number of hydrogen-bond donors (Lipinski definition) is 0. The first kappa shape index (κ1) is 31.1. The molecule has 0 aliphatic rings. The second-order valence-corrected chi connectivity index (χ2v) is 3.42. The van der Waals surface area contributed by atoms with E-state index in [9.17, 15) is 28.7 Å². The predicted octanol–water partition coefficient (Wildman–Crippen LogP) is -15.3. The summed E-state index contributed by atoms with van der Waals surface area (Å²) in [5.74, 6) is 0. The van der Waals surface area contributed by atoms with Gasteiger partial charge in [-0.05, 0) is 0 Å². The third kappa shape index (κ3) is 31.8. The molecule has 0 aromatic carbocycles. The van der Waals surface area contributed by atoms with Crippen molar-refractivity contribution in [2.24, 2.45) is 0 Å². The van der Waals surface area contributed by atoms with Crippen LogP contribution in [-0.2, 0) is 13.4 Å². The van der Waals surface area contributed by atoms with Crippen LogP contribution in [0.5, 0.6) is 0 Å². The number of rotatable bonds is 2. The van der Waals surface area contributed by atoms with Gasteiger partial charge in [-0.25, -0.2) is 0 Å². The van der Waals surface area contributed by atoms with Crippen LogP contribution in [0.25, 0.3) is 0 Å². The molecular weight excluding hydrogens is 298 g/mol. The van der Waals surface area contributed by atoms with E-state index in [4.69, 9.17) is 0 Å². The van der Waals surface area contributed by atoms with E-state index in [-0.39, 0.29) is 162 Å². The van der Waals surface area contributed by atoms with Gasteiger partial charge < -0.3 is 33.0 Å². The second-order valence-electron chi connectivity index (χ2n) is 0.976. The van der Waals surface area contributed by atoms with Crippen LogP contribution in [0.1, 0.15) is 0 Å². The Kier molecular flexibility index (Phi) is 33.4. The van der Waals surface area contributed by atoms with Gasteiger partial charge >= 0.3 is 162 Å². The second kappa shape index (κ2) is 14.0. The van der Waals surface area contributed by atoms with Crippen LogP contribution in [0.4, 0.5) is 0 Å². The van der Waals surface area contributed by atoms with Crippen molar-refractivity contribution in [2.75, 3.05) is 0 Å². The zero-order valence-corrected chi connectivity index (χ0v) is 19.8. The molecule has 0 spiro atoms. The molecule has 0 aliphatic heterocycles. The van der Waals surface area contributed by atoms with Crippen LogP contribution < -0.4 is 181 Å². The summed E-state index contributed by atoms with van der Waals surface area (Å²) in [6.07, 6.45) is 0. The topological polar surface area (TPSA) is 136 Å². The summed E-state index contributed by atoms with van der Waals surface area (Å²) in [6.45, 7) is 0. The first-order valence-corrected chi connectivity index (χ1v) is 4.38.